The van der Waals surface area contributed by atoms with Gasteiger partial charge in [0, 0.05) is 0 Å². The summed E-state index contributed by atoms with van der Waals surface area (Å²) in [6.45, 7) is 0. The number of hydrogen-bond donors (Lipinski definition) is 2. The highest BCUT2D eigenvalue weighted by Crippen LogP contribution is 2.09. The number of pyridine rings is 1. The van der Waals surface area contributed by atoms with Gasteiger partial charge >= 0.3 is 6.03 Å². The molecule has 58 valence electrons. The summed E-state index contributed by atoms with van der Waals surface area (Å²) in [6.07, 6.45) is 1.51. The molecule has 0 saturated heterocycles. The zero-order valence-corrected chi connectivity index (χ0v) is 7.13. The van der Waals surface area contributed by atoms with Crippen LogP contribution < -0.4 is 11.1 Å². The number of halogens is 1. The Morgan fingerprint density at radius 2 is 2.36 bits per heavy atom. The summed E-state index contributed by atoms with van der Waals surface area (Å²) < 4.78 is 0.715. The summed E-state index contributed by atoms with van der Waals surface area (Å²) in [5.74, 6) is 0. The van der Waals surface area contributed by atoms with Gasteiger partial charge in [0.15, 0.2) is 0 Å². The number of aromatic nitrogens is 1. The molecule has 5 heteroatoms. The van der Waals surface area contributed by atoms with Crippen molar-refractivity contribution in [1.29, 1.82) is 0 Å². The molecule has 1 aromatic heterocycles. The monoisotopic (exact) mass is 215 g/mol. The average molecular weight is 216 g/mol. The zero-order chi connectivity index (χ0) is 8.27. The van der Waals surface area contributed by atoms with E-state index in [1.807, 2.05) is 0 Å². The summed E-state index contributed by atoms with van der Waals surface area (Å²) in [7, 11) is 0. The van der Waals surface area contributed by atoms with E-state index in [1.165, 1.54) is 6.20 Å². The molecule has 0 bridgehead atoms. The van der Waals surface area contributed by atoms with Gasteiger partial charge in [-0.05, 0) is 28.1 Å². The van der Waals surface area contributed by atoms with Crippen molar-refractivity contribution in [3.8, 4) is 0 Å². The van der Waals surface area contributed by atoms with Crippen LogP contribution in [0.2, 0.25) is 0 Å². The van der Waals surface area contributed by atoms with Gasteiger partial charge in [0.05, 0.1) is 11.9 Å². The van der Waals surface area contributed by atoms with Crippen molar-refractivity contribution in [3.05, 3.63) is 22.9 Å². The fraction of sp³-hybridized carbons (Fsp3) is 0. The second-order valence-electron chi connectivity index (χ2n) is 1.86. The first-order valence-corrected chi connectivity index (χ1v) is 3.66. The molecule has 3 N–H and O–H groups in total. The summed E-state index contributed by atoms with van der Waals surface area (Å²) in [5.41, 5.74) is 5.46. The highest BCUT2D eigenvalue weighted by Gasteiger charge is 1.94. The maximum absolute atomic E-state index is 10.3. The molecule has 0 atom stereocenters. The second kappa shape index (κ2) is 3.34. The molecule has 0 saturated carbocycles. The second-order valence-corrected chi connectivity index (χ2v) is 2.67. The van der Waals surface area contributed by atoms with Crippen LogP contribution in [-0.4, -0.2) is 11.0 Å². The van der Waals surface area contributed by atoms with E-state index >= 15 is 0 Å². The van der Waals surface area contributed by atoms with Crippen LogP contribution in [0.3, 0.4) is 0 Å². The van der Waals surface area contributed by atoms with Gasteiger partial charge in [-0.25, -0.2) is 9.78 Å². The van der Waals surface area contributed by atoms with E-state index in [0.29, 0.717) is 10.3 Å². The van der Waals surface area contributed by atoms with Gasteiger partial charge in [-0.2, -0.15) is 0 Å². The minimum absolute atomic E-state index is 0.584. The SMILES string of the molecule is NC(=O)Nc1ccc(Br)nc1. The number of nitrogens with one attached hydrogen (secondary N) is 1. The molecule has 0 aliphatic heterocycles. The lowest BCUT2D eigenvalue weighted by molar-refractivity contribution is 0.259. The number of hydrogen-bond acceptors (Lipinski definition) is 2. The van der Waals surface area contributed by atoms with Crippen molar-refractivity contribution in [1.82, 2.24) is 4.98 Å². The molecule has 0 radical (unpaired) electrons. The number of rotatable bonds is 1. The van der Waals surface area contributed by atoms with Crippen LogP contribution in [-0.2, 0) is 0 Å². The van der Waals surface area contributed by atoms with Crippen molar-refractivity contribution in [3.63, 3.8) is 0 Å². The molecule has 0 spiro atoms. The van der Waals surface area contributed by atoms with Crippen LogP contribution in [0.4, 0.5) is 10.5 Å². The maximum atomic E-state index is 10.3. The molecule has 4 nitrogen and oxygen atoms in total. The van der Waals surface area contributed by atoms with Crippen molar-refractivity contribution in [2.45, 2.75) is 0 Å². The van der Waals surface area contributed by atoms with Crippen LogP contribution in [0.1, 0.15) is 0 Å². The Morgan fingerprint density at radius 1 is 1.64 bits per heavy atom. The smallest absolute Gasteiger partial charge is 0.316 e. The number of primary amides is 1. The number of nitrogens with two attached hydrogens (primary N) is 1. The highest BCUT2D eigenvalue weighted by molar-refractivity contribution is 9.10. The van der Waals surface area contributed by atoms with Crippen LogP contribution in [0, 0.1) is 0 Å². The molecule has 11 heavy (non-hydrogen) atoms. The lowest BCUT2D eigenvalue weighted by atomic mass is 10.4. The number of urea groups is 1. The van der Waals surface area contributed by atoms with E-state index in [2.05, 4.69) is 26.2 Å². The van der Waals surface area contributed by atoms with Crippen LogP contribution in [0.15, 0.2) is 22.9 Å². The van der Waals surface area contributed by atoms with E-state index in [9.17, 15) is 4.79 Å². The fourth-order valence-corrected chi connectivity index (χ4v) is 0.827. The largest absolute Gasteiger partial charge is 0.351 e. The molecular formula is C6H6BrN3O. The number of amides is 2. The van der Waals surface area contributed by atoms with Gasteiger partial charge in [0.1, 0.15) is 4.60 Å². The Bertz CT molecular complexity index is 259. The Hall–Kier alpha value is -1.10. The lowest BCUT2D eigenvalue weighted by Gasteiger charge is -1.98. The zero-order valence-electron chi connectivity index (χ0n) is 5.54. The normalized spacial score (nSPS) is 9.18. The third-order valence-electron chi connectivity index (χ3n) is 0.995. The van der Waals surface area contributed by atoms with Gasteiger partial charge in [-0.1, -0.05) is 0 Å². The topological polar surface area (TPSA) is 68.0 Å². The van der Waals surface area contributed by atoms with Crippen molar-refractivity contribution < 1.29 is 4.79 Å². The average Bonchev–Trinajstić information content (AvgIpc) is 1.93. The third-order valence-corrected chi connectivity index (χ3v) is 1.46. The summed E-state index contributed by atoms with van der Waals surface area (Å²) >= 11 is 3.16. The van der Waals surface area contributed by atoms with Crippen LogP contribution in [0.5, 0.6) is 0 Å². The third kappa shape index (κ3) is 2.55. The maximum Gasteiger partial charge on any atom is 0.316 e. The van der Waals surface area contributed by atoms with E-state index in [-0.39, 0.29) is 0 Å². The highest BCUT2D eigenvalue weighted by atomic mass is 79.9. The molecule has 1 rings (SSSR count). The standard InChI is InChI=1S/C6H6BrN3O/c7-5-2-1-4(3-9-5)10-6(8)11/h1-3H,(H3,8,10,11). The molecule has 0 unspecified atom stereocenters. The van der Waals surface area contributed by atoms with Crippen LogP contribution in [0.25, 0.3) is 0 Å². The van der Waals surface area contributed by atoms with E-state index in [0.717, 1.165) is 0 Å². The number of carbonyl (C=O) groups excluding carboxylic acids is 1. The summed E-state index contributed by atoms with van der Waals surface area (Å²) in [6, 6.07) is 2.82. The predicted octanol–water partition coefficient (Wildman–Crippen LogP) is 1.33. The number of anilines is 1. The molecule has 1 aromatic rings. The molecule has 1 heterocycles. The Kier molecular flexibility index (Phi) is 2.43. The molecule has 0 aliphatic carbocycles. The molecule has 0 aromatic carbocycles. The van der Waals surface area contributed by atoms with E-state index in [4.69, 9.17) is 5.73 Å². The van der Waals surface area contributed by atoms with Crippen molar-refractivity contribution in [2.24, 2.45) is 5.73 Å². The first-order valence-electron chi connectivity index (χ1n) is 2.86. The number of nitrogens with zero attached hydrogens (tertiary/aromatic N) is 1. The minimum Gasteiger partial charge on any atom is -0.351 e. The molecule has 0 aliphatic rings. The van der Waals surface area contributed by atoms with Gasteiger partial charge in [-0.15, -0.1) is 0 Å². The molecular weight excluding hydrogens is 210 g/mol. The lowest BCUT2D eigenvalue weighted by Crippen LogP contribution is -2.19. The minimum atomic E-state index is -0.589. The first-order chi connectivity index (χ1) is 5.18. The predicted molar refractivity (Wildman–Crippen MR) is 45.1 cm³/mol. The Morgan fingerprint density at radius 3 is 2.82 bits per heavy atom. The van der Waals surface area contributed by atoms with Gasteiger partial charge < -0.3 is 11.1 Å². The first kappa shape index (κ1) is 8.00. The van der Waals surface area contributed by atoms with E-state index in [1.54, 1.807) is 12.1 Å². The summed E-state index contributed by atoms with van der Waals surface area (Å²) in [5, 5.41) is 2.39. The van der Waals surface area contributed by atoms with E-state index < -0.39 is 6.03 Å². The van der Waals surface area contributed by atoms with Crippen LogP contribution >= 0.6 is 15.9 Å². The van der Waals surface area contributed by atoms with Gasteiger partial charge in [0.25, 0.3) is 0 Å². The van der Waals surface area contributed by atoms with Crippen molar-refractivity contribution >= 4 is 27.6 Å². The quantitative estimate of drug-likeness (QED) is 0.695. The molecule has 2 amide bonds. The van der Waals surface area contributed by atoms with Gasteiger partial charge in [-0.3, -0.25) is 0 Å². The Labute approximate surface area is 71.9 Å². The van der Waals surface area contributed by atoms with Crippen molar-refractivity contribution in [2.75, 3.05) is 5.32 Å². The Balaban J connectivity index is 2.74. The summed E-state index contributed by atoms with van der Waals surface area (Å²) in [4.78, 5) is 14.2. The fourth-order valence-electron chi connectivity index (χ4n) is 0.592. The number of carbonyl (C=O) groups is 1. The molecule has 0 fully saturated rings. The van der Waals surface area contributed by atoms with Gasteiger partial charge in [0.2, 0.25) is 0 Å².